The molecule has 0 aliphatic carbocycles. The first-order chi connectivity index (χ1) is 11.8. The predicted molar refractivity (Wildman–Crippen MR) is 95.0 cm³/mol. The lowest BCUT2D eigenvalue weighted by Crippen LogP contribution is -2.46. The van der Waals surface area contributed by atoms with Crippen molar-refractivity contribution < 1.29 is 4.39 Å². The van der Waals surface area contributed by atoms with Crippen LogP contribution in [-0.4, -0.2) is 54.1 Å². The summed E-state index contributed by atoms with van der Waals surface area (Å²) in [6, 6.07) is 8.73. The van der Waals surface area contributed by atoms with Gasteiger partial charge in [-0.3, -0.25) is 0 Å². The van der Waals surface area contributed by atoms with Crippen molar-refractivity contribution in [2.45, 2.75) is 13.3 Å². The summed E-state index contributed by atoms with van der Waals surface area (Å²) in [6.07, 6.45) is 2.40. The summed E-state index contributed by atoms with van der Waals surface area (Å²) >= 11 is 0. The molecule has 0 saturated carbocycles. The van der Waals surface area contributed by atoms with Crippen LogP contribution < -0.4 is 10.2 Å². The van der Waals surface area contributed by atoms with E-state index in [0.29, 0.717) is 13.0 Å². The lowest BCUT2D eigenvalue weighted by molar-refractivity contribution is 0.270. The average Bonchev–Trinajstić information content (AvgIpc) is 2.64. The molecule has 0 unspecified atom stereocenters. The number of hydrogen-bond donors (Lipinski definition) is 1. The van der Waals surface area contributed by atoms with Crippen molar-refractivity contribution in [1.82, 2.24) is 14.9 Å². The van der Waals surface area contributed by atoms with Gasteiger partial charge in [-0.1, -0.05) is 25.1 Å². The molecule has 2 heterocycles. The summed E-state index contributed by atoms with van der Waals surface area (Å²) in [6.45, 7) is 7.91. The summed E-state index contributed by atoms with van der Waals surface area (Å²) in [5.41, 5.74) is 0.718. The fraction of sp³-hybridized carbons (Fsp3) is 0.444. The van der Waals surface area contributed by atoms with Gasteiger partial charge in [0.1, 0.15) is 11.6 Å². The molecule has 1 aliphatic heterocycles. The van der Waals surface area contributed by atoms with Crippen molar-refractivity contribution in [1.29, 1.82) is 0 Å². The van der Waals surface area contributed by atoms with Gasteiger partial charge in [-0.15, -0.1) is 0 Å². The minimum Gasteiger partial charge on any atom is -0.370 e. The lowest BCUT2D eigenvalue weighted by Gasteiger charge is -2.34. The number of halogens is 1. The molecule has 0 amide bonds. The van der Waals surface area contributed by atoms with Crippen molar-refractivity contribution in [3.8, 4) is 0 Å². The first-order valence-corrected chi connectivity index (χ1v) is 8.54. The van der Waals surface area contributed by atoms with E-state index < -0.39 is 0 Å². The smallest absolute Gasteiger partial charge is 0.227 e. The van der Waals surface area contributed by atoms with Crippen molar-refractivity contribution in [3.63, 3.8) is 0 Å². The van der Waals surface area contributed by atoms with Gasteiger partial charge in [0, 0.05) is 38.9 Å². The Kier molecular flexibility index (Phi) is 5.59. The third-order valence-electron chi connectivity index (χ3n) is 4.40. The molecule has 1 aromatic carbocycles. The van der Waals surface area contributed by atoms with Crippen LogP contribution in [0.15, 0.2) is 36.5 Å². The van der Waals surface area contributed by atoms with Gasteiger partial charge in [0.05, 0.1) is 0 Å². The molecule has 5 nitrogen and oxygen atoms in total. The standard InChI is InChI=1S/C18H24FN5/c1-2-23-11-13-24(14-12-23)18-21-10-8-17(22-18)20-9-7-15-5-3-4-6-16(15)19/h3-6,8,10H,2,7,9,11-14H2,1H3,(H,20,21,22). The third-order valence-corrected chi connectivity index (χ3v) is 4.40. The molecule has 3 rings (SSSR count). The van der Waals surface area contributed by atoms with Crippen LogP contribution in [0.2, 0.25) is 0 Å². The second-order valence-electron chi connectivity index (χ2n) is 5.93. The van der Waals surface area contributed by atoms with Crippen LogP contribution in [0, 0.1) is 5.82 Å². The zero-order valence-electron chi connectivity index (χ0n) is 14.1. The second-order valence-corrected chi connectivity index (χ2v) is 5.93. The van der Waals surface area contributed by atoms with E-state index in [9.17, 15) is 4.39 Å². The highest BCUT2D eigenvalue weighted by Gasteiger charge is 2.17. The second kappa shape index (κ2) is 8.06. The fourth-order valence-corrected chi connectivity index (χ4v) is 2.89. The molecule has 1 fully saturated rings. The van der Waals surface area contributed by atoms with Crippen molar-refractivity contribution in [2.75, 3.05) is 49.5 Å². The van der Waals surface area contributed by atoms with E-state index in [4.69, 9.17) is 0 Å². The number of piperazine rings is 1. The molecule has 1 saturated heterocycles. The maximum Gasteiger partial charge on any atom is 0.227 e. The Balaban J connectivity index is 1.55. The number of benzene rings is 1. The highest BCUT2D eigenvalue weighted by atomic mass is 19.1. The number of anilines is 2. The number of nitrogens with one attached hydrogen (secondary N) is 1. The van der Waals surface area contributed by atoms with Gasteiger partial charge in [0.15, 0.2) is 0 Å². The summed E-state index contributed by atoms with van der Waals surface area (Å²) in [4.78, 5) is 13.6. The maximum absolute atomic E-state index is 13.6. The van der Waals surface area contributed by atoms with Crippen molar-refractivity contribution >= 4 is 11.8 Å². The molecular weight excluding hydrogens is 305 g/mol. The van der Waals surface area contributed by atoms with Gasteiger partial charge >= 0.3 is 0 Å². The van der Waals surface area contributed by atoms with E-state index in [2.05, 4.69) is 32.0 Å². The molecule has 24 heavy (non-hydrogen) atoms. The zero-order chi connectivity index (χ0) is 16.8. The highest BCUT2D eigenvalue weighted by molar-refractivity contribution is 5.41. The minimum atomic E-state index is -0.156. The number of rotatable bonds is 6. The van der Waals surface area contributed by atoms with Gasteiger partial charge < -0.3 is 15.1 Å². The van der Waals surface area contributed by atoms with E-state index in [1.54, 1.807) is 12.3 Å². The van der Waals surface area contributed by atoms with E-state index in [-0.39, 0.29) is 5.82 Å². The zero-order valence-corrected chi connectivity index (χ0v) is 14.1. The summed E-state index contributed by atoms with van der Waals surface area (Å²) in [7, 11) is 0. The molecule has 0 spiro atoms. The van der Waals surface area contributed by atoms with Gasteiger partial charge in [-0.25, -0.2) is 9.37 Å². The molecule has 1 N–H and O–H groups in total. The predicted octanol–water partition coefficient (Wildman–Crippen LogP) is 2.41. The fourth-order valence-electron chi connectivity index (χ4n) is 2.89. The minimum absolute atomic E-state index is 0.156. The summed E-state index contributed by atoms with van der Waals surface area (Å²) < 4.78 is 13.6. The van der Waals surface area contributed by atoms with Crippen LogP contribution in [0.25, 0.3) is 0 Å². The third kappa shape index (κ3) is 4.20. The largest absolute Gasteiger partial charge is 0.370 e. The summed E-state index contributed by atoms with van der Waals surface area (Å²) in [5.74, 6) is 1.40. The maximum atomic E-state index is 13.6. The highest BCUT2D eigenvalue weighted by Crippen LogP contribution is 2.14. The van der Waals surface area contributed by atoms with Crippen LogP contribution in [0.4, 0.5) is 16.2 Å². The van der Waals surface area contributed by atoms with Crippen LogP contribution >= 0.6 is 0 Å². The van der Waals surface area contributed by atoms with E-state index >= 15 is 0 Å². The molecule has 1 aromatic heterocycles. The molecular formula is C18H24FN5. The van der Waals surface area contributed by atoms with Gasteiger partial charge in [-0.2, -0.15) is 4.98 Å². The monoisotopic (exact) mass is 329 g/mol. The number of hydrogen-bond acceptors (Lipinski definition) is 5. The molecule has 0 atom stereocenters. The SMILES string of the molecule is CCN1CCN(c2nccc(NCCc3ccccc3F)n2)CC1. The van der Waals surface area contributed by atoms with Crippen LogP contribution in [0.3, 0.4) is 0 Å². The Bertz CT molecular complexity index is 655. The normalized spacial score (nSPS) is 15.5. The molecule has 2 aromatic rings. The first kappa shape index (κ1) is 16.6. The molecule has 128 valence electrons. The molecule has 0 radical (unpaired) electrons. The van der Waals surface area contributed by atoms with Crippen LogP contribution in [0.5, 0.6) is 0 Å². The average molecular weight is 329 g/mol. The Labute approximate surface area is 142 Å². The van der Waals surface area contributed by atoms with E-state index in [0.717, 1.165) is 50.1 Å². The van der Waals surface area contributed by atoms with Crippen molar-refractivity contribution in [3.05, 3.63) is 47.9 Å². The van der Waals surface area contributed by atoms with Crippen LogP contribution in [-0.2, 0) is 6.42 Å². The number of likely N-dealkylation sites (N-methyl/N-ethyl adjacent to an activating group) is 1. The topological polar surface area (TPSA) is 44.3 Å². The van der Waals surface area contributed by atoms with Gasteiger partial charge in [0.2, 0.25) is 5.95 Å². The Morgan fingerprint density at radius 3 is 2.67 bits per heavy atom. The number of nitrogens with zero attached hydrogens (tertiary/aromatic N) is 4. The first-order valence-electron chi connectivity index (χ1n) is 8.54. The number of aromatic nitrogens is 2. The van der Waals surface area contributed by atoms with Gasteiger partial charge in [-0.05, 0) is 30.7 Å². The van der Waals surface area contributed by atoms with Gasteiger partial charge in [0.25, 0.3) is 0 Å². The molecule has 6 heteroatoms. The quantitative estimate of drug-likeness (QED) is 0.882. The Hall–Kier alpha value is -2.21. The van der Waals surface area contributed by atoms with Crippen LogP contribution in [0.1, 0.15) is 12.5 Å². The molecule has 1 aliphatic rings. The van der Waals surface area contributed by atoms with E-state index in [1.807, 2.05) is 18.2 Å². The lowest BCUT2D eigenvalue weighted by atomic mass is 10.1. The Morgan fingerprint density at radius 1 is 1.12 bits per heavy atom. The Morgan fingerprint density at radius 2 is 1.92 bits per heavy atom. The summed E-state index contributed by atoms with van der Waals surface area (Å²) in [5, 5.41) is 3.26. The van der Waals surface area contributed by atoms with E-state index in [1.165, 1.54) is 6.07 Å². The van der Waals surface area contributed by atoms with Crippen molar-refractivity contribution in [2.24, 2.45) is 0 Å². The molecule has 0 bridgehead atoms.